The monoisotopic (exact) mass is 381 g/mol. The molecule has 0 N–H and O–H groups in total. The minimum Gasteiger partial charge on any atom is -0.463 e. The maximum atomic E-state index is 13.6. The molecule has 0 radical (unpaired) electrons. The minimum absolute atomic E-state index is 0.124. The number of hydrogen-bond donors (Lipinski definition) is 0. The highest BCUT2D eigenvalue weighted by Crippen LogP contribution is 2.37. The molecule has 0 spiro atoms. The Hall–Kier alpha value is -1.99. The molecule has 1 aromatic carbocycles. The van der Waals surface area contributed by atoms with E-state index >= 15 is 0 Å². The molecular weight excluding hydrogens is 364 g/mol. The van der Waals surface area contributed by atoms with E-state index in [1.165, 1.54) is 0 Å². The van der Waals surface area contributed by atoms with Crippen molar-refractivity contribution in [2.24, 2.45) is 0 Å². The van der Waals surface area contributed by atoms with Gasteiger partial charge in [-0.3, -0.25) is 0 Å². The van der Waals surface area contributed by atoms with Crippen LogP contribution in [-0.4, -0.2) is 42.7 Å². The van der Waals surface area contributed by atoms with Gasteiger partial charge in [0.1, 0.15) is 17.7 Å². The molecule has 0 amide bonds. The number of halogens is 3. The van der Waals surface area contributed by atoms with Crippen LogP contribution in [0.1, 0.15) is 29.2 Å². The van der Waals surface area contributed by atoms with Gasteiger partial charge in [0.2, 0.25) is 12.1 Å². The van der Waals surface area contributed by atoms with Crippen LogP contribution in [-0.2, 0) is 11.3 Å². The standard InChI is InChI=1S/C18H18ClF2N3O2/c19-18-22-16-14(11-1-3-13(4-2-11)26-10-20)8-25-9-15(16)17(23-18)24-6-5-12(21)7-24/h1-4,12,14H,5-10H2/t12-,14?/m1/s1. The SMILES string of the molecule is FCOc1ccc(C2COCc3c2nc(Cl)nc3N2CC[C@@H](F)C2)cc1. The number of alkyl halides is 2. The van der Waals surface area contributed by atoms with Crippen molar-refractivity contribution in [3.05, 3.63) is 46.4 Å². The zero-order valence-electron chi connectivity index (χ0n) is 14.0. The van der Waals surface area contributed by atoms with Crippen molar-refractivity contribution < 1.29 is 18.3 Å². The summed E-state index contributed by atoms with van der Waals surface area (Å²) in [7, 11) is 0. The van der Waals surface area contributed by atoms with E-state index in [-0.39, 0.29) is 11.2 Å². The molecule has 1 unspecified atom stereocenters. The first-order chi connectivity index (χ1) is 12.7. The second kappa shape index (κ2) is 7.32. The first-order valence-corrected chi connectivity index (χ1v) is 8.85. The number of aromatic nitrogens is 2. The Balaban J connectivity index is 1.70. The maximum absolute atomic E-state index is 13.6. The van der Waals surface area contributed by atoms with E-state index in [0.717, 1.165) is 16.8 Å². The third kappa shape index (κ3) is 3.33. The average molecular weight is 382 g/mol. The largest absolute Gasteiger partial charge is 0.463 e. The Bertz CT molecular complexity index is 791. The maximum Gasteiger partial charge on any atom is 0.228 e. The Kier molecular flexibility index (Phi) is 4.91. The lowest BCUT2D eigenvalue weighted by molar-refractivity contribution is 0.0975. The van der Waals surface area contributed by atoms with Crippen LogP contribution in [0.15, 0.2) is 24.3 Å². The van der Waals surface area contributed by atoms with E-state index in [1.54, 1.807) is 12.1 Å². The zero-order valence-corrected chi connectivity index (χ0v) is 14.8. The molecule has 0 bridgehead atoms. The molecule has 5 nitrogen and oxygen atoms in total. The van der Waals surface area contributed by atoms with Gasteiger partial charge in [-0.2, -0.15) is 0 Å². The number of anilines is 1. The number of hydrogen-bond acceptors (Lipinski definition) is 5. The van der Waals surface area contributed by atoms with E-state index in [9.17, 15) is 8.78 Å². The predicted molar refractivity (Wildman–Crippen MR) is 93.3 cm³/mol. The highest BCUT2D eigenvalue weighted by molar-refractivity contribution is 6.28. The highest BCUT2D eigenvalue weighted by atomic mass is 35.5. The summed E-state index contributed by atoms with van der Waals surface area (Å²) < 4.78 is 36.6. The van der Waals surface area contributed by atoms with Crippen LogP contribution in [0.4, 0.5) is 14.6 Å². The van der Waals surface area contributed by atoms with Crippen LogP contribution in [0.25, 0.3) is 0 Å². The van der Waals surface area contributed by atoms with Crippen LogP contribution in [0.2, 0.25) is 5.28 Å². The average Bonchev–Trinajstić information content (AvgIpc) is 3.08. The molecule has 8 heteroatoms. The smallest absolute Gasteiger partial charge is 0.228 e. The topological polar surface area (TPSA) is 47.5 Å². The van der Waals surface area contributed by atoms with E-state index in [4.69, 9.17) is 21.1 Å². The zero-order chi connectivity index (χ0) is 18.1. The van der Waals surface area contributed by atoms with Gasteiger partial charge in [-0.25, -0.2) is 18.7 Å². The summed E-state index contributed by atoms with van der Waals surface area (Å²) in [6.07, 6.45) is -0.376. The van der Waals surface area contributed by atoms with Crippen molar-refractivity contribution in [1.82, 2.24) is 9.97 Å². The van der Waals surface area contributed by atoms with Gasteiger partial charge in [0.05, 0.1) is 31.4 Å². The summed E-state index contributed by atoms with van der Waals surface area (Å²) in [5.41, 5.74) is 2.61. The van der Waals surface area contributed by atoms with Crippen LogP contribution in [0.5, 0.6) is 5.75 Å². The quantitative estimate of drug-likeness (QED) is 0.757. The minimum atomic E-state index is -0.869. The molecule has 1 fully saturated rings. The number of rotatable bonds is 4. The second-order valence-electron chi connectivity index (χ2n) is 6.40. The molecule has 0 aliphatic carbocycles. The Labute approximate surface area is 154 Å². The Morgan fingerprint density at radius 3 is 2.77 bits per heavy atom. The van der Waals surface area contributed by atoms with Gasteiger partial charge in [0, 0.05) is 12.1 Å². The van der Waals surface area contributed by atoms with Crippen LogP contribution >= 0.6 is 11.6 Å². The molecule has 138 valence electrons. The number of ether oxygens (including phenoxy) is 2. The summed E-state index contributed by atoms with van der Waals surface area (Å²) in [6.45, 7) is 0.858. The number of nitrogens with zero attached hydrogens (tertiary/aromatic N) is 3. The molecule has 4 rings (SSSR count). The highest BCUT2D eigenvalue weighted by Gasteiger charge is 2.32. The molecule has 26 heavy (non-hydrogen) atoms. The lowest BCUT2D eigenvalue weighted by Gasteiger charge is -2.29. The second-order valence-corrected chi connectivity index (χ2v) is 6.74. The fourth-order valence-electron chi connectivity index (χ4n) is 3.53. The van der Waals surface area contributed by atoms with Gasteiger partial charge in [0.15, 0.2) is 0 Å². The first kappa shape index (κ1) is 17.4. The molecule has 1 aromatic heterocycles. The molecule has 2 aromatic rings. The first-order valence-electron chi connectivity index (χ1n) is 8.47. The van der Waals surface area contributed by atoms with Crippen molar-refractivity contribution in [2.45, 2.75) is 25.1 Å². The fraction of sp³-hybridized carbons (Fsp3) is 0.444. The summed E-state index contributed by atoms with van der Waals surface area (Å²) in [5, 5.41) is 0.144. The van der Waals surface area contributed by atoms with Crippen LogP contribution in [0, 0.1) is 0 Å². The van der Waals surface area contributed by atoms with E-state index in [0.29, 0.717) is 44.3 Å². The molecule has 2 aliphatic heterocycles. The van der Waals surface area contributed by atoms with Crippen LogP contribution in [0.3, 0.4) is 0 Å². The third-order valence-electron chi connectivity index (χ3n) is 4.78. The van der Waals surface area contributed by atoms with Gasteiger partial charge in [-0.15, -0.1) is 0 Å². The van der Waals surface area contributed by atoms with E-state index in [1.807, 2.05) is 17.0 Å². The van der Waals surface area contributed by atoms with Crippen molar-refractivity contribution in [3.8, 4) is 5.75 Å². The van der Waals surface area contributed by atoms with Gasteiger partial charge in [-0.1, -0.05) is 12.1 Å². The molecule has 3 heterocycles. The Morgan fingerprint density at radius 1 is 1.27 bits per heavy atom. The van der Waals surface area contributed by atoms with Crippen molar-refractivity contribution >= 4 is 17.4 Å². The van der Waals surface area contributed by atoms with Gasteiger partial charge in [-0.05, 0) is 35.7 Å². The van der Waals surface area contributed by atoms with E-state index in [2.05, 4.69) is 9.97 Å². The predicted octanol–water partition coefficient (Wildman–Crippen LogP) is 3.65. The molecular formula is C18H18ClF2N3O2. The lowest BCUT2D eigenvalue weighted by atomic mass is 9.91. The summed E-state index contributed by atoms with van der Waals surface area (Å²) in [4.78, 5) is 10.7. The molecule has 2 atom stereocenters. The van der Waals surface area contributed by atoms with Gasteiger partial charge in [0.25, 0.3) is 0 Å². The number of benzene rings is 1. The van der Waals surface area contributed by atoms with E-state index < -0.39 is 13.0 Å². The van der Waals surface area contributed by atoms with Crippen molar-refractivity contribution in [2.75, 3.05) is 31.5 Å². The van der Waals surface area contributed by atoms with Gasteiger partial charge >= 0.3 is 0 Å². The van der Waals surface area contributed by atoms with Crippen LogP contribution < -0.4 is 9.64 Å². The summed E-state index contributed by atoms with van der Waals surface area (Å²) in [6, 6.07) is 7.14. The lowest BCUT2D eigenvalue weighted by Crippen LogP contribution is -2.27. The molecule has 0 saturated carbocycles. The fourth-order valence-corrected chi connectivity index (χ4v) is 3.70. The van der Waals surface area contributed by atoms with Crippen molar-refractivity contribution in [1.29, 1.82) is 0 Å². The Morgan fingerprint density at radius 2 is 2.08 bits per heavy atom. The summed E-state index contributed by atoms with van der Waals surface area (Å²) >= 11 is 6.17. The molecule has 1 saturated heterocycles. The van der Waals surface area contributed by atoms with Crippen molar-refractivity contribution in [3.63, 3.8) is 0 Å². The molecule has 2 aliphatic rings. The number of fused-ring (bicyclic) bond motifs is 1. The van der Waals surface area contributed by atoms with Gasteiger partial charge < -0.3 is 14.4 Å². The third-order valence-corrected chi connectivity index (χ3v) is 4.95. The summed E-state index contributed by atoms with van der Waals surface area (Å²) in [5.74, 6) is 0.990. The normalized spacial score (nSPS) is 22.3.